The lowest BCUT2D eigenvalue weighted by Crippen LogP contribution is -2.18. The average Bonchev–Trinajstić information content (AvgIpc) is 2.90. The molecule has 0 radical (unpaired) electrons. The summed E-state index contributed by atoms with van der Waals surface area (Å²) in [6.45, 7) is 3.15. The summed E-state index contributed by atoms with van der Waals surface area (Å²) < 4.78 is 0. The molecule has 0 amide bonds. The van der Waals surface area contributed by atoms with Crippen molar-refractivity contribution in [1.82, 2.24) is 4.98 Å². The Morgan fingerprint density at radius 2 is 2.31 bits per heavy atom. The van der Waals surface area contributed by atoms with E-state index in [0.29, 0.717) is 0 Å². The zero-order chi connectivity index (χ0) is 11.0. The van der Waals surface area contributed by atoms with Gasteiger partial charge in [-0.3, -0.25) is 4.98 Å². The molecule has 0 aliphatic heterocycles. The van der Waals surface area contributed by atoms with Crippen LogP contribution in [0.2, 0.25) is 0 Å². The number of allylic oxidation sites excluding steroid dienone is 2. The van der Waals surface area contributed by atoms with Crippen molar-refractivity contribution in [3.8, 4) is 0 Å². The van der Waals surface area contributed by atoms with E-state index in [0.717, 1.165) is 30.0 Å². The molecular weight excluding hydrogens is 196 g/mol. The molecule has 3 atom stereocenters. The first kappa shape index (κ1) is 9.88. The normalized spacial score (nSPS) is 30.9. The Kier molecular flexibility index (Phi) is 2.43. The fourth-order valence-electron chi connectivity index (χ4n) is 3.04. The second-order valence-corrected chi connectivity index (χ2v) is 5.06. The first-order valence-electron chi connectivity index (χ1n) is 6.17. The lowest BCUT2D eigenvalue weighted by atomic mass is 9.93. The molecule has 1 heterocycles. The van der Waals surface area contributed by atoms with E-state index in [9.17, 15) is 0 Å². The topological polar surface area (TPSA) is 24.9 Å². The average molecular weight is 214 g/mol. The molecule has 0 aromatic carbocycles. The summed E-state index contributed by atoms with van der Waals surface area (Å²) in [4.78, 5) is 4.30. The van der Waals surface area contributed by atoms with Crippen LogP contribution in [0.15, 0.2) is 30.5 Å². The van der Waals surface area contributed by atoms with Crippen LogP contribution in [-0.2, 0) is 0 Å². The maximum atomic E-state index is 4.30. The first-order valence-corrected chi connectivity index (χ1v) is 6.17. The molecule has 3 rings (SSSR count). The summed E-state index contributed by atoms with van der Waals surface area (Å²) in [7, 11) is 0. The third-order valence-electron chi connectivity index (χ3n) is 3.98. The standard InChI is InChI=1S/C14H18N2/c1-10-14(3-2-6-15-10)16-9-13-8-11-4-5-12(13)7-11/h2-6,11-13,16H,7-9H2,1H3. The third kappa shape index (κ3) is 1.73. The zero-order valence-corrected chi connectivity index (χ0v) is 9.69. The molecule has 0 saturated heterocycles. The Morgan fingerprint density at radius 3 is 3.00 bits per heavy atom. The molecule has 2 nitrogen and oxygen atoms in total. The third-order valence-corrected chi connectivity index (χ3v) is 3.98. The van der Waals surface area contributed by atoms with Crippen LogP contribution in [0, 0.1) is 24.7 Å². The molecule has 84 valence electrons. The molecule has 1 fully saturated rings. The highest BCUT2D eigenvalue weighted by molar-refractivity contribution is 5.46. The molecule has 1 saturated carbocycles. The summed E-state index contributed by atoms with van der Waals surface area (Å²) in [6, 6.07) is 4.11. The summed E-state index contributed by atoms with van der Waals surface area (Å²) >= 11 is 0. The Labute approximate surface area is 96.8 Å². The predicted molar refractivity (Wildman–Crippen MR) is 66.3 cm³/mol. The SMILES string of the molecule is Cc1ncccc1NCC1CC2C=CC1C2. The van der Waals surface area contributed by atoms with Gasteiger partial charge in [0.05, 0.1) is 11.4 Å². The number of aryl methyl sites for hydroxylation is 1. The van der Waals surface area contributed by atoms with Gasteiger partial charge in [-0.15, -0.1) is 0 Å². The van der Waals surface area contributed by atoms with Crippen LogP contribution in [0.25, 0.3) is 0 Å². The van der Waals surface area contributed by atoms with Crippen molar-refractivity contribution in [1.29, 1.82) is 0 Å². The number of fused-ring (bicyclic) bond motifs is 2. The van der Waals surface area contributed by atoms with E-state index < -0.39 is 0 Å². The van der Waals surface area contributed by atoms with Gasteiger partial charge < -0.3 is 5.32 Å². The number of hydrogen-bond donors (Lipinski definition) is 1. The number of nitrogens with zero attached hydrogens (tertiary/aromatic N) is 1. The van der Waals surface area contributed by atoms with Crippen LogP contribution in [0.1, 0.15) is 18.5 Å². The second-order valence-electron chi connectivity index (χ2n) is 5.06. The minimum absolute atomic E-state index is 0.828. The van der Waals surface area contributed by atoms with E-state index in [1.807, 2.05) is 12.3 Å². The zero-order valence-electron chi connectivity index (χ0n) is 9.69. The second kappa shape index (κ2) is 3.93. The van der Waals surface area contributed by atoms with E-state index in [2.05, 4.69) is 35.4 Å². The monoisotopic (exact) mass is 214 g/mol. The van der Waals surface area contributed by atoms with Crippen LogP contribution in [-0.4, -0.2) is 11.5 Å². The van der Waals surface area contributed by atoms with Crippen LogP contribution >= 0.6 is 0 Å². The Hall–Kier alpha value is -1.31. The summed E-state index contributed by atoms with van der Waals surface area (Å²) in [5, 5.41) is 3.54. The molecule has 2 heteroatoms. The molecule has 0 spiro atoms. The molecule has 1 N–H and O–H groups in total. The van der Waals surface area contributed by atoms with E-state index in [-0.39, 0.29) is 0 Å². The highest BCUT2D eigenvalue weighted by Gasteiger charge is 2.35. The number of nitrogens with one attached hydrogen (secondary N) is 1. The molecule has 2 aliphatic carbocycles. The van der Waals surface area contributed by atoms with Gasteiger partial charge in [0.1, 0.15) is 0 Å². The Morgan fingerprint density at radius 1 is 1.38 bits per heavy atom. The van der Waals surface area contributed by atoms with Gasteiger partial charge in [-0.1, -0.05) is 12.2 Å². The van der Waals surface area contributed by atoms with Crippen molar-refractivity contribution in [3.63, 3.8) is 0 Å². The first-order chi connectivity index (χ1) is 7.83. The van der Waals surface area contributed by atoms with Crippen molar-refractivity contribution in [3.05, 3.63) is 36.2 Å². The van der Waals surface area contributed by atoms with Gasteiger partial charge in [-0.2, -0.15) is 0 Å². The van der Waals surface area contributed by atoms with Crippen LogP contribution in [0.3, 0.4) is 0 Å². The lowest BCUT2D eigenvalue weighted by Gasteiger charge is -2.19. The lowest BCUT2D eigenvalue weighted by molar-refractivity contribution is 0.472. The Balaban J connectivity index is 1.61. The predicted octanol–water partition coefficient (Wildman–Crippen LogP) is 3.01. The van der Waals surface area contributed by atoms with Gasteiger partial charge in [0.25, 0.3) is 0 Å². The largest absolute Gasteiger partial charge is 0.383 e. The number of hydrogen-bond acceptors (Lipinski definition) is 2. The van der Waals surface area contributed by atoms with Gasteiger partial charge in [-0.05, 0) is 49.7 Å². The van der Waals surface area contributed by atoms with Gasteiger partial charge in [-0.25, -0.2) is 0 Å². The van der Waals surface area contributed by atoms with Gasteiger partial charge in [0, 0.05) is 12.7 Å². The maximum Gasteiger partial charge on any atom is 0.0603 e. The van der Waals surface area contributed by atoms with Crippen LogP contribution < -0.4 is 5.32 Å². The fourth-order valence-corrected chi connectivity index (χ4v) is 3.04. The van der Waals surface area contributed by atoms with Crippen molar-refractivity contribution in [2.75, 3.05) is 11.9 Å². The smallest absolute Gasteiger partial charge is 0.0603 e. The molecular formula is C14H18N2. The molecule has 3 unspecified atom stereocenters. The molecule has 16 heavy (non-hydrogen) atoms. The quantitative estimate of drug-likeness (QED) is 0.782. The van der Waals surface area contributed by atoms with Crippen LogP contribution in [0.5, 0.6) is 0 Å². The van der Waals surface area contributed by atoms with E-state index in [1.54, 1.807) is 0 Å². The minimum atomic E-state index is 0.828. The van der Waals surface area contributed by atoms with Crippen molar-refractivity contribution in [2.45, 2.75) is 19.8 Å². The van der Waals surface area contributed by atoms with Crippen molar-refractivity contribution in [2.24, 2.45) is 17.8 Å². The fraction of sp³-hybridized carbons (Fsp3) is 0.500. The van der Waals surface area contributed by atoms with Crippen LogP contribution in [0.4, 0.5) is 5.69 Å². The highest BCUT2D eigenvalue weighted by atomic mass is 14.9. The highest BCUT2D eigenvalue weighted by Crippen LogP contribution is 2.43. The number of anilines is 1. The molecule has 1 aromatic heterocycles. The minimum Gasteiger partial charge on any atom is -0.383 e. The van der Waals surface area contributed by atoms with Crippen molar-refractivity contribution < 1.29 is 0 Å². The number of rotatable bonds is 3. The van der Waals surface area contributed by atoms with E-state index >= 15 is 0 Å². The molecule has 2 bridgehead atoms. The van der Waals surface area contributed by atoms with Crippen molar-refractivity contribution >= 4 is 5.69 Å². The summed E-state index contributed by atoms with van der Waals surface area (Å²) in [5.74, 6) is 2.52. The van der Waals surface area contributed by atoms with E-state index in [1.165, 1.54) is 18.5 Å². The van der Waals surface area contributed by atoms with Gasteiger partial charge in [0.2, 0.25) is 0 Å². The summed E-state index contributed by atoms with van der Waals surface area (Å²) in [6.07, 6.45) is 9.42. The van der Waals surface area contributed by atoms with Gasteiger partial charge >= 0.3 is 0 Å². The maximum absolute atomic E-state index is 4.30. The summed E-state index contributed by atoms with van der Waals surface area (Å²) in [5.41, 5.74) is 2.29. The molecule has 2 aliphatic rings. The Bertz CT molecular complexity index is 411. The number of aromatic nitrogens is 1. The molecule has 1 aromatic rings. The number of pyridine rings is 1. The van der Waals surface area contributed by atoms with Gasteiger partial charge in [0.15, 0.2) is 0 Å². The van der Waals surface area contributed by atoms with E-state index in [4.69, 9.17) is 0 Å².